The van der Waals surface area contributed by atoms with E-state index in [0.29, 0.717) is 34.1 Å². The summed E-state index contributed by atoms with van der Waals surface area (Å²) in [5.74, 6) is 1.63. The lowest BCUT2D eigenvalue weighted by molar-refractivity contribution is 0.112. The van der Waals surface area contributed by atoms with Crippen molar-refractivity contribution in [1.29, 1.82) is 0 Å². The minimum atomic E-state index is -0.173. The average molecular weight is 436 g/mol. The van der Waals surface area contributed by atoms with E-state index in [1.165, 1.54) is 18.4 Å². The Morgan fingerprint density at radius 3 is 2.31 bits per heavy atom. The van der Waals surface area contributed by atoms with Gasteiger partial charge in [0.25, 0.3) is 0 Å². The highest BCUT2D eigenvalue weighted by Gasteiger charge is 2.29. The van der Waals surface area contributed by atoms with Crippen LogP contribution in [0.5, 0.6) is 5.75 Å². The second-order valence-corrected chi connectivity index (χ2v) is 9.46. The van der Waals surface area contributed by atoms with Crippen molar-refractivity contribution in [2.75, 3.05) is 19.7 Å². The van der Waals surface area contributed by atoms with E-state index in [-0.39, 0.29) is 11.9 Å². The first-order valence-electron chi connectivity index (χ1n) is 10.5. The molecule has 1 saturated carbocycles. The predicted molar refractivity (Wildman–Crippen MR) is 118 cm³/mol. The van der Waals surface area contributed by atoms with Crippen molar-refractivity contribution in [2.24, 2.45) is 5.92 Å². The maximum absolute atomic E-state index is 14.1. The fraction of sp³-hybridized carbons (Fsp3) is 0.500. The highest BCUT2D eigenvalue weighted by molar-refractivity contribution is 6.34. The Hall–Kier alpha value is -1.29. The van der Waals surface area contributed by atoms with Crippen LogP contribution in [-0.4, -0.2) is 24.6 Å². The van der Waals surface area contributed by atoms with Crippen molar-refractivity contribution < 1.29 is 9.13 Å². The highest BCUT2D eigenvalue weighted by Crippen LogP contribution is 2.45. The molecule has 2 nitrogen and oxygen atoms in total. The molecular weight excluding hydrogens is 408 g/mol. The summed E-state index contributed by atoms with van der Waals surface area (Å²) >= 11 is 12.3. The van der Waals surface area contributed by atoms with E-state index in [4.69, 9.17) is 27.9 Å². The molecule has 0 N–H and O–H groups in total. The zero-order chi connectivity index (χ0) is 20.5. The molecule has 0 spiro atoms. The molecule has 2 aromatic carbocycles. The Balaban J connectivity index is 1.33. The molecule has 0 amide bonds. The van der Waals surface area contributed by atoms with Gasteiger partial charge in [0.1, 0.15) is 11.6 Å². The summed E-state index contributed by atoms with van der Waals surface area (Å²) < 4.78 is 20.2. The molecule has 0 bridgehead atoms. The number of hydrogen-bond acceptors (Lipinski definition) is 2. The summed E-state index contributed by atoms with van der Waals surface area (Å²) in [4.78, 5) is 2.47. The van der Waals surface area contributed by atoms with Crippen LogP contribution in [0.3, 0.4) is 0 Å². The number of hydrogen-bond donors (Lipinski definition) is 0. The first kappa shape index (κ1) is 21.0. The number of piperidine rings is 1. The van der Waals surface area contributed by atoms with Crippen LogP contribution in [0.2, 0.25) is 10.0 Å². The van der Waals surface area contributed by atoms with E-state index in [9.17, 15) is 4.39 Å². The van der Waals surface area contributed by atoms with Crippen molar-refractivity contribution >= 4 is 23.2 Å². The standard InChI is InChI=1S/C24H28Cl2FNO/c1-15-9-22(18-3-4-18)24(13-23(15)27)29-14-17-5-7-28(8-6-17)16(2)19-10-20(25)12-21(26)11-19/h9-13,16-18H,3-8,14H2,1-2H3. The van der Waals surface area contributed by atoms with Crippen LogP contribution in [0.25, 0.3) is 0 Å². The Morgan fingerprint density at radius 1 is 1.03 bits per heavy atom. The average Bonchev–Trinajstić information content (AvgIpc) is 3.53. The number of nitrogens with zero attached hydrogens (tertiary/aromatic N) is 1. The molecular formula is C24H28Cl2FNO. The zero-order valence-electron chi connectivity index (χ0n) is 17.1. The lowest BCUT2D eigenvalue weighted by Crippen LogP contribution is -2.37. The van der Waals surface area contributed by atoms with Crippen LogP contribution in [0.4, 0.5) is 4.39 Å². The SMILES string of the molecule is Cc1cc(C2CC2)c(OCC2CCN(C(C)c3cc(Cl)cc(Cl)c3)CC2)cc1F. The Labute approximate surface area is 183 Å². The van der Waals surface area contributed by atoms with Crippen molar-refractivity contribution in [3.63, 3.8) is 0 Å². The molecule has 0 aromatic heterocycles. The van der Waals surface area contributed by atoms with E-state index in [1.54, 1.807) is 12.1 Å². The summed E-state index contributed by atoms with van der Waals surface area (Å²) in [6.07, 6.45) is 4.52. The minimum Gasteiger partial charge on any atom is -0.493 e. The third-order valence-corrected chi connectivity index (χ3v) is 6.78. The third-order valence-electron chi connectivity index (χ3n) is 6.35. The first-order chi connectivity index (χ1) is 13.9. The van der Waals surface area contributed by atoms with Crippen LogP contribution in [0, 0.1) is 18.7 Å². The Kier molecular flexibility index (Phi) is 6.38. The molecule has 1 unspecified atom stereocenters. The van der Waals surface area contributed by atoms with Crippen LogP contribution in [-0.2, 0) is 0 Å². The molecule has 156 valence electrons. The van der Waals surface area contributed by atoms with Crippen LogP contribution < -0.4 is 4.74 Å². The molecule has 29 heavy (non-hydrogen) atoms. The Morgan fingerprint density at radius 2 is 1.69 bits per heavy atom. The summed E-state index contributed by atoms with van der Waals surface area (Å²) in [5, 5.41) is 1.36. The second kappa shape index (κ2) is 8.83. The van der Waals surface area contributed by atoms with Gasteiger partial charge in [0.2, 0.25) is 0 Å². The molecule has 1 saturated heterocycles. The van der Waals surface area contributed by atoms with Crippen LogP contribution in [0.1, 0.15) is 61.3 Å². The van der Waals surface area contributed by atoms with E-state index in [2.05, 4.69) is 11.8 Å². The number of ether oxygens (including phenoxy) is 1. The fourth-order valence-electron chi connectivity index (χ4n) is 4.27. The van der Waals surface area contributed by atoms with Gasteiger partial charge in [0.05, 0.1) is 6.61 Å². The van der Waals surface area contributed by atoms with Crippen LogP contribution in [0.15, 0.2) is 30.3 Å². The van der Waals surface area contributed by atoms with Crippen molar-refractivity contribution in [1.82, 2.24) is 4.90 Å². The van der Waals surface area contributed by atoms with Gasteiger partial charge in [-0.1, -0.05) is 23.2 Å². The summed E-state index contributed by atoms with van der Waals surface area (Å²) in [7, 11) is 0. The van der Waals surface area contributed by atoms with Gasteiger partial charge < -0.3 is 4.74 Å². The molecule has 1 atom stereocenters. The zero-order valence-corrected chi connectivity index (χ0v) is 18.6. The fourth-order valence-corrected chi connectivity index (χ4v) is 4.81. The smallest absolute Gasteiger partial charge is 0.129 e. The van der Waals surface area contributed by atoms with E-state index in [0.717, 1.165) is 37.2 Å². The van der Waals surface area contributed by atoms with Gasteiger partial charge >= 0.3 is 0 Å². The summed E-state index contributed by atoms with van der Waals surface area (Å²) in [5.41, 5.74) is 3.05. The molecule has 1 heterocycles. The molecule has 0 radical (unpaired) electrons. The van der Waals surface area contributed by atoms with Gasteiger partial charge in [-0.15, -0.1) is 0 Å². The maximum atomic E-state index is 14.1. The molecule has 4 rings (SSSR count). The predicted octanol–water partition coefficient (Wildman–Crippen LogP) is 7.17. The molecule has 2 fully saturated rings. The van der Waals surface area contributed by atoms with Crippen LogP contribution >= 0.6 is 23.2 Å². The van der Waals surface area contributed by atoms with Gasteiger partial charge in [-0.3, -0.25) is 4.90 Å². The maximum Gasteiger partial charge on any atom is 0.129 e. The Bertz CT molecular complexity index is 855. The van der Waals surface area contributed by atoms with E-state index in [1.807, 2.05) is 25.1 Å². The lowest BCUT2D eigenvalue weighted by atomic mass is 9.95. The number of halogens is 3. The molecule has 5 heteroatoms. The lowest BCUT2D eigenvalue weighted by Gasteiger charge is -2.36. The highest BCUT2D eigenvalue weighted by atomic mass is 35.5. The van der Waals surface area contributed by atoms with Gasteiger partial charge in [-0.2, -0.15) is 0 Å². The normalized spacial score (nSPS) is 19.3. The minimum absolute atomic E-state index is 0.173. The largest absolute Gasteiger partial charge is 0.493 e. The number of benzene rings is 2. The van der Waals surface area contributed by atoms with Crippen molar-refractivity contribution in [2.45, 2.75) is 51.5 Å². The topological polar surface area (TPSA) is 12.5 Å². The molecule has 2 aliphatic rings. The monoisotopic (exact) mass is 435 g/mol. The van der Waals surface area contributed by atoms with Crippen molar-refractivity contribution in [3.05, 3.63) is 62.9 Å². The van der Waals surface area contributed by atoms with E-state index >= 15 is 0 Å². The molecule has 1 aliphatic heterocycles. The summed E-state index contributed by atoms with van der Waals surface area (Å²) in [6, 6.07) is 9.61. The molecule has 1 aliphatic carbocycles. The van der Waals surface area contributed by atoms with Gasteiger partial charge in [0, 0.05) is 22.2 Å². The quantitative estimate of drug-likeness (QED) is 0.476. The number of aryl methyl sites for hydroxylation is 1. The van der Waals surface area contributed by atoms with E-state index < -0.39 is 0 Å². The van der Waals surface area contributed by atoms with Gasteiger partial charge in [-0.05, 0) is 105 Å². The summed E-state index contributed by atoms with van der Waals surface area (Å²) in [6.45, 7) is 6.71. The molecule has 2 aromatic rings. The van der Waals surface area contributed by atoms with Gasteiger partial charge in [0.15, 0.2) is 0 Å². The van der Waals surface area contributed by atoms with Crippen molar-refractivity contribution in [3.8, 4) is 5.75 Å². The number of likely N-dealkylation sites (tertiary alicyclic amines) is 1. The first-order valence-corrected chi connectivity index (χ1v) is 11.3. The number of rotatable bonds is 6. The van der Waals surface area contributed by atoms with Gasteiger partial charge in [-0.25, -0.2) is 4.39 Å². The third kappa shape index (κ3) is 5.07. The second-order valence-electron chi connectivity index (χ2n) is 8.58.